The molecular weight excluding hydrogens is 424 g/mol. The summed E-state index contributed by atoms with van der Waals surface area (Å²) in [6, 6.07) is 0. The fourth-order valence-electron chi connectivity index (χ4n) is 0.507. The number of carbonyl (C=O) groups is 4. The molecule has 0 saturated heterocycles. The van der Waals surface area contributed by atoms with E-state index in [4.69, 9.17) is 0 Å². The average molecular weight is 432 g/mol. The number of rotatable bonds is 2. The molecule has 0 spiro atoms. The summed E-state index contributed by atoms with van der Waals surface area (Å²) in [5.41, 5.74) is 0. The van der Waals surface area contributed by atoms with Crippen molar-refractivity contribution in [2.75, 3.05) is 0 Å². The van der Waals surface area contributed by atoms with E-state index in [1.54, 1.807) is 0 Å². The standard InChI is InChI=1S/C5H2F6O2.C3F6O.C3H6O/c6-4(7,8)2(12)1-3(13)5(9,10)11;4-2(5,6)1(10)3(7,8)9;1-3(2)4/h1H2;;1-2H3. The Kier molecular flexibility index (Phi) is 11.2. The number of carbonyl (C=O) groups excluding carboxylic acids is 4. The Morgan fingerprint density at radius 1 is 0.519 bits per heavy atom. The van der Waals surface area contributed by atoms with Gasteiger partial charge in [-0.25, -0.2) is 0 Å². The van der Waals surface area contributed by atoms with Gasteiger partial charge in [0.25, 0.3) is 0 Å². The maximum Gasteiger partial charge on any atom is 0.459 e. The van der Waals surface area contributed by atoms with Crippen molar-refractivity contribution in [1.29, 1.82) is 0 Å². The van der Waals surface area contributed by atoms with Crippen LogP contribution in [0.2, 0.25) is 0 Å². The molecule has 0 unspecified atom stereocenters. The number of ketones is 4. The van der Waals surface area contributed by atoms with Crippen molar-refractivity contribution >= 4 is 23.1 Å². The zero-order valence-corrected chi connectivity index (χ0v) is 12.9. The van der Waals surface area contributed by atoms with Crippen LogP contribution >= 0.6 is 0 Å². The molecule has 4 nitrogen and oxygen atoms in total. The first-order valence-corrected chi connectivity index (χ1v) is 5.79. The fourth-order valence-corrected chi connectivity index (χ4v) is 0.507. The second-order valence-electron chi connectivity index (χ2n) is 4.25. The van der Waals surface area contributed by atoms with Crippen LogP contribution in [0.1, 0.15) is 20.3 Å². The van der Waals surface area contributed by atoms with E-state index in [9.17, 15) is 71.9 Å². The molecule has 0 aromatic heterocycles. The van der Waals surface area contributed by atoms with Crippen molar-refractivity contribution in [3.8, 4) is 0 Å². The molecule has 0 rings (SSSR count). The van der Waals surface area contributed by atoms with Gasteiger partial charge in [0.15, 0.2) is 0 Å². The fraction of sp³-hybridized carbons (Fsp3) is 0.636. The van der Waals surface area contributed by atoms with Crippen molar-refractivity contribution in [3.63, 3.8) is 0 Å². The van der Waals surface area contributed by atoms with Gasteiger partial charge in [0.1, 0.15) is 5.78 Å². The van der Waals surface area contributed by atoms with Crippen LogP contribution in [0.3, 0.4) is 0 Å². The van der Waals surface area contributed by atoms with Crippen molar-refractivity contribution in [2.45, 2.75) is 45.0 Å². The summed E-state index contributed by atoms with van der Waals surface area (Å²) in [5, 5.41) is 0. The minimum Gasteiger partial charge on any atom is -0.300 e. The van der Waals surface area contributed by atoms with Gasteiger partial charge >= 0.3 is 30.5 Å². The van der Waals surface area contributed by atoms with E-state index in [0.717, 1.165) is 0 Å². The van der Waals surface area contributed by atoms with E-state index in [2.05, 4.69) is 0 Å². The van der Waals surface area contributed by atoms with E-state index in [1.165, 1.54) is 13.8 Å². The predicted octanol–water partition coefficient (Wildman–Crippen LogP) is 3.91. The van der Waals surface area contributed by atoms with Crippen molar-refractivity contribution in [3.05, 3.63) is 0 Å². The highest BCUT2D eigenvalue weighted by molar-refractivity contribution is 6.03. The molecule has 0 saturated carbocycles. The topological polar surface area (TPSA) is 68.3 Å². The molecule has 16 heteroatoms. The molecular formula is C11H8F12O4. The molecule has 0 amide bonds. The molecule has 27 heavy (non-hydrogen) atoms. The summed E-state index contributed by atoms with van der Waals surface area (Å²) >= 11 is 0. The van der Waals surface area contributed by atoms with Crippen LogP contribution in [0.4, 0.5) is 52.7 Å². The number of halogens is 12. The lowest BCUT2D eigenvalue weighted by atomic mass is 10.2. The number of alkyl halides is 12. The first-order chi connectivity index (χ1) is 11.4. The molecule has 0 heterocycles. The SMILES string of the molecule is CC(C)=O.O=C(C(F)(F)F)C(F)(F)F.O=C(CC(=O)C(F)(F)F)C(F)(F)F. The Balaban J connectivity index is -0.000000364. The van der Waals surface area contributed by atoms with Crippen LogP contribution in [0.25, 0.3) is 0 Å². The Hall–Kier alpha value is -2.16. The molecule has 0 aromatic carbocycles. The highest BCUT2D eigenvalue weighted by Crippen LogP contribution is 2.28. The lowest BCUT2D eigenvalue weighted by molar-refractivity contribution is -0.217. The minimum absolute atomic E-state index is 0.167. The summed E-state index contributed by atoms with van der Waals surface area (Å²) in [6.07, 6.45) is -24.6. The van der Waals surface area contributed by atoms with Crippen molar-refractivity contribution in [2.24, 2.45) is 0 Å². The van der Waals surface area contributed by atoms with Gasteiger partial charge in [-0.05, 0) is 13.8 Å². The van der Waals surface area contributed by atoms with E-state index >= 15 is 0 Å². The number of hydrogen-bond acceptors (Lipinski definition) is 4. The lowest BCUT2D eigenvalue weighted by Gasteiger charge is -2.06. The van der Waals surface area contributed by atoms with E-state index in [1.807, 2.05) is 0 Å². The van der Waals surface area contributed by atoms with E-state index in [0.29, 0.717) is 0 Å². The van der Waals surface area contributed by atoms with Crippen molar-refractivity contribution < 1.29 is 71.9 Å². The van der Waals surface area contributed by atoms with Gasteiger partial charge in [-0.2, -0.15) is 52.7 Å². The van der Waals surface area contributed by atoms with Crippen LogP contribution in [0, 0.1) is 0 Å². The molecule has 0 N–H and O–H groups in total. The second kappa shape index (κ2) is 10.2. The van der Waals surface area contributed by atoms with E-state index < -0.39 is 48.5 Å². The summed E-state index contributed by atoms with van der Waals surface area (Å²) in [7, 11) is 0. The van der Waals surface area contributed by atoms with Crippen LogP contribution in [0.15, 0.2) is 0 Å². The molecule has 0 aliphatic carbocycles. The van der Waals surface area contributed by atoms with Gasteiger partial charge in [0.2, 0.25) is 11.6 Å². The molecule has 0 bridgehead atoms. The van der Waals surface area contributed by atoms with Gasteiger partial charge in [0.05, 0.1) is 6.42 Å². The molecule has 160 valence electrons. The zero-order chi connectivity index (χ0) is 23.0. The first kappa shape index (κ1) is 29.6. The lowest BCUT2D eigenvalue weighted by Crippen LogP contribution is -2.36. The highest BCUT2D eigenvalue weighted by atomic mass is 19.4. The minimum atomic E-state index is -5.82. The van der Waals surface area contributed by atoms with Gasteiger partial charge < -0.3 is 4.79 Å². The third-order valence-corrected chi connectivity index (χ3v) is 1.47. The highest BCUT2D eigenvalue weighted by Gasteiger charge is 2.55. The Morgan fingerprint density at radius 2 is 0.704 bits per heavy atom. The molecule has 0 aliphatic heterocycles. The number of hydrogen-bond donors (Lipinski definition) is 0. The molecule has 0 atom stereocenters. The summed E-state index contributed by atoms with van der Waals surface area (Å²) < 4.78 is 133. The van der Waals surface area contributed by atoms with Gasteiger partial charge in [-0.3, -0.25) is 14.4 Å². The van der Waals surface area contributed by atoms with Gasteiger partial charge in [-0.15, -0.1) is 0 Å². The van der Waals surface area contributed by atoms with Gasteiger partial charge in [0, 0.05) is 0 Å². The predicted molar refractivity (Wildman–Crippen MR) is 60.2 cm³/mol. The largest absolute Gasteiger partial charge is 0.459 e. The summed E-state index contributed by atoms with van der Waals surface area (Å²) in [5.74, 6) is -8.91. The molecule has 0 fully saturated rings. The maximum atomic E-state index is 11.3. The van der Waals surface area contributed by atoms with Crippen LogP contribution < -0.4 is 0 Å². The second-order valence-corrected chi connectivity index (χ2v) is 4.25. The maximum absolute atomic E-state index is 11.3. The molecule has 0 radical (unpaired) electrons. The molecule has 0 aliphatic rings. The smallest absolute Gasteiger partial charge is 0.300 e. The van der Waals surface area contributed by atoms with Crippen LogP contribution in [-0.2, 0) is 19.2 Å². The Morgan fingerprint density at radius 3 is 0.778 bits per heavy atom. The Bertz CT molecular complexity index is 492. The number of Topliss-reactive ketones (excluding diaryl/α,β-unsaturated/α-hetero) is 4. The van der Waals surface area contributed by atoms with Crippen molar-refractivity contribution in [1.82, 2.24) is 0 Å². The third kappa shape index (κ3) is 17.0. The zero-order valence-electron chi connectivity index (χ0n) is 12.9. The third-order valence-electron chi connectivity index (χ3n) is 1.47. The Labute approximate surface area is 141 Å². The van der Waals surface area contributed by atoms with Crippen LogP contribution in [0.5, 0.6) is 0 Å². The summed E-state index contributed by atoms with van der Waals surface area (Å²) in [4.78, 5) is 38.4. The quantitative estimate of drug-likeness (QED) is 0.490. The summed E-state index contributed by atoms with van der Waals surface area (Å²) in [6.45, 7) is 3.06. The monoisotopic (exact) mass is 432 g/mol. The normalized spacial score (nSPS) is 12.1. The molecule has 0 aromatic rings. The van der Waals surface area contributed by atoms with Crippen LogP contribution in [-0.4, -0.2) is 47.8 Å². The first-order valence-electron chi connectivity index (χ1n) is 5.79. The van der Waals surface area contributed by atoms with Gasteiger partial charge in [-0.1, -0.05) is 0 Å². The average Bonchev–Trinajstić information content (AvgIpc) is 2.33. The van der Waals surface area contributed by atoms with E-state index in [-0.39, 0.29) is 5.78 Å².